The molecule has 0 spiro atoms. The Labute approximate surface area is 119 Å². The van der Waals surface area contributed by atoms with Gasteiger partial charge in [-0.05, 0) is 6.42 Å². The lowest BCUT2D eigenvalue weighted by molar-refractivity contribution is 0.543. The van der Waals surface area contributed by atoms with Gasteiger partial charge in [0.15, 0.2) is 0 Å². The first kappa shape index (κ1) is 17.5. The average molecular weight is 354 g/mol. The fourth-order valence-corrected chi connectivity index (χ4v) is 3.02. The highest BCUT2D eigenvalue weighted by Crippen LogP contribution is 2.12. The van der Waals surface area contributed by atoms with Crippen molar-refractivity contribution in [2.24, 2.45) is 0 Å². The second kappa shape index (κ2) is 16.5. The van der Waals surface area contributed by atoms with Crippen LogP contribution in [0.1, 0.15) is 90.4 Å². The summed E-state index contributed by atoms with van der Waals surface area (Å²) in [7, 11) is 0. The standard InChI is InChI=1S/C15H31IO/c1-2-3-4-5-6-7-8-9-10-11-12-13-14-15-16-17/h2-15H2,1H3. The molecule has 0 aliphatic carbocycles. The molecule has 0 saturated heterocycles. The van der Waals surface area contributed by atoms with Gasteiger partial charge in [0.05, 0.1) is 0 Å². The van der Waals surface area contributed by atoms with E-state index < -0.39 is 21.2 Å². The second-order valence-electron chi connectivity index (χ2n) is 5.04. The van der Waals surface area contributed by atoms with Gasteiger partial charge in [0, 0.05) is 4.43 Å². The Balaban J connectivity index is 2.87. The monoisotopic (exact) mass is 354 g/mol. The maximum absolute atomic E-state index is 10.3. The minimum absolute atomic E-state index is 0.684. The Morgan fingerprint density at radius 3 is 1.29 bits per heavy atom. The normalized spacial score (nSPS) is 10.9. The minimum Gasteiger partial charge on any atom is -0.270 e. The van der Waals surface area contributed by atoms with Gasteiger partial charge in [0.2, 0.25) is 0 Å². The van der Waals surface area contributed by atoms with Crippen molar-refractivity contribution in [1.82, 2.24) is 0 Å². The molecule has 0 aromatic carbocycles. The van der Waals surface area contributed by atoms with Gasteiger partial charge in [-0.3, -0.25) is 3.07 Å². The third kappa shape index (κ3) is 16.5. The molecule has 0 saturated carbocycles. The summed E-state index contributed by atoms with van der Waals surface area (Å²) in [6, 6.07) is 0. The summed E-state index contributed by atoms with van der Waals surface area (Å²) in [5.41, 5.74) is 0. The Morgan fingerprint density at radius 1 is 0.588 bits per heavy atom. The molecule has 0 aromatic rings. The van der Waals surface area contributed by atoms with E-state index in [1.54, 1.807) is 0 Å². The van der Waals surface area contributed by atoms with Crippen molar-refractivity contribution in [3.05, 3.63) is 0 Å². The second-order valence-corrected chi connectivity index (χ2v) is 6.74. The van der Waals surface area contributed by atoms with E-state index in [0.717, 1.165) is 4.43 Å². The Bertz CT molecular complexity index is 148. The van der Waals surface area contributed by atoms with Crippen LogP contribution in [0.25, 0.3) is 0 Å². The highest BCUT2D eigenvalue weighted by Gasteiger charge is 1.93. The van der Waals surface area contributed by atoms with Crippen LogP contribution < -0.4 is 0 Å². The quantitative estimate of drug-likeness (QED) is 0.201. The van der Waals surface area contributed by atoms with E-state index in [9.17, 15) is 3.07 Å². The molecule has 104 valence electrons. The molecule has 0 aliphatic rings. The highest BCUT2D eigenvalue weighted by molar-refractivity contribution is 14.1. The summed E-state index contributed by atoms with van der Waals surface area (Å²) in [6.45, 7) is 2.28. The molecule has 0 rings (SSSR count). The summed E-state index contributed by atoms with van der Waals surface area (Å²) < 4.78 is 11.3. The number of alkyl halides is 1. The zero-order valence-electron chi connectivity index (χ0n) is 11.7. The van der Waals surface area contributed by atoms with Gasteiger partial charge < -0.3 is 0 Å². The third-order valence-corrected chi connectivity index (χ3v) is 4.52. The topological polar surface area (TPSA) is 17.1 Å². The summed E-state index contributed by atoms with van der Waals surface area (Å²) in [6.07, 6.45) is 18.1. The van der Waals surface area contributed by atoms with E-state index in [2.05, 4.69) is 6.92 Å². The molecule has 0 atom stereocenters. The highest BCUT2D eigenvalue weighted by atomic mass is 127. The van der Waals surface area contributed by atoms with E-state index in [1.807, 2.05) is 0 Å². The van der Waals surface area contributed by atoms with Gasteiger partial charge in [-0.25, -0.2) is 0 Å². The summed E-state index contributed by atoms with van der Waals surface area (Å²) in [4.78, 5) is 0. The van der Waals surface area contributed by atoms with Gasteiger partial charge in [-0.1, -0.05) is 84.0 Å². The lowest BCUT2D eigenvalue weighted by Crippen LogP contribution is -1.83. The predicted molar refractivity (Wildman–Crippen MR) is 85.3 cm³/mol. The molecule has 0 aromatic heterocycles. The summed E-state index contributed by atoms with van der Waals surface area (Å²) in [5.74, 6) is 0. The number of rotatable bonds is 14. The van der Waals surface area contributed by atoms with Crippen LogP contribution in [-0.4, -0.2) is 4.43 Å². The molecule has 0 fully saturated rings. The minimum atomic E-state index is -0.684. The molecule has 0 N–H and O–H groups in total. The van der Waals surface area contributed by atoms with Crippen LogP contribution in [0.5, 0.6) is 0 Å². The molecular weight excluding hydrogens is 323 g/mol. The Kier molecular flexibility index (Phi) is 17.0. The lowest BCUT2D eigenvalue weighted by atomic mass is 10.1. The SMILES string of the molecule is CCCCCCCCCCCCCCCI=O. The van der Waals surface area contributed by atoms with Crippen molar-refractivity contribution in [1.29, 1.82) is 0 Å². The maximum atomic E-state index is 10.3. The fourth-order valence-electron chi connectivity index (χ4n) is 2.17. The molecule has 0 heterocycles. The zero-order valence-corrected chi connectivity index (χ0v) is 13.8. The third-order valence-electron chi connectivity index (χ3n) is 3.31. The van der Waals surface area contributed by atoms with Gasteiger partial charge in [0.25, 0.3) is 0 Å². The maximum Gasteiger partial charge on any atom is 0.144 e. The molecule has 2 heteroatoms. The molecule has 1 nitrogen and oxygen atoms in total. The van der Waals surface area contributed by atoms with Crippen LogP contribution in [0.15, 0.2) is 0 Å². The molecule has 0 aliphatic heterocycles. The van der Waals surface area contributed by atoms with Gasteiger partial charge >= 0.3 is 0 Å². The van der Waals surface area contributed by atoms with E-state index in [0.29, 0.717) is 0 Å². The van der Waals surface area contributed by atoms with Crippen molar-refractivity contribution >= 4 is 21.2 Å². The van der Waals surface area contributed by atoms with Crippen molar-refractivity contribution in [3.8, 4) is 0 Å². The molecule has 17 heavy (non-hydrogen) atoms. The molecule has 0 unspecified atom stereocenters. The van der Waals surface area contributed by atoms with E-state index in [-0.39, 0.29) is 0 Å². The van der Waals surface area contributed by atoms with Crippen LogP contribution in [-0.2, 0) is 3.07 Å². The van der Waals surface area contributed by atoms with Crippen LogP contribution in [0, 0.1) is 0 Å². The number of halogens is 1. The summed E-state index contributed by atoms with van der Waals surface area (Å²) in [5, 5.41) is 0. The van der Waals surface area contributed by atoms with E-state index in [1.165, 1.54) is 83.5 Å². The fraction of sp³-hybridized carbons (Fsp3) is 1.00. The van der Waals surface area contributed by atoms with Crippen molar-refractivity contribution in [2.45, 2.75) is 90.4 Å². The lowest BCUT2D eigenvalue weighted by Gasteiger charge is -2.02. The first-order chi connectivity index (χ1) is 8.41. The van der Waals surface area contributed by atoms with Crippen LogP contribution in [0.2, 0.25) is 0 Å². The predicted octanol–water partition coefficient (Wildman–Crippen LogP) is 6.39. The molecule has 0 amide bonds. The molecular formula is C15H31IO. The first-order valence-electron chi connectivity index (χ1n) is 7.63. The van der Waals surface area contributed by atoms with Crippen LogP contribution in [0.3, 0.4) is 0 Å². The number of hydrogen-bond acceptors (Lipinski definition) is 1. The average Bonchev–Trinajstić information content (AvgIpc) is 2.35. The van der Waals surface area contributed by atoms with Crippen molar-refractivity contribution < 1.29 is 3.07 Å². The smallest absolute Gasteiger partial charge is 0.144 e. The molecule has 0 radical (unpaired) electrons. The number of hydrogen-bond donors (Lipinski definition) is 0. The van der Waals surface area contributed by atoms with Crippen molar-refractivity contribution in [2.75, 3.05) is 4.43 Å². The Morgan fingerprint density at radius 2 is 0.941 bits per heavy atom. The van der Waals surface area contributed by atoms with Gasteiger partial charge in [0.1, 0.15) is 21.2 Å². The number of unbranched alkanes of at least 4 members (excludes halogenated alkanes) is 12. The first-order valence-corrected chi connectivity index (χ1v) is 10.0. The largest absolute Gasteiger partial charge is 0.270 e. The van der Waals surface area contributed by atoms with E-state index in [4.69, 9.17) is 0 Å². The van der Waals surface area contributed by atoms with Crippen LogP contribution >= 0.6 is 21.2 Å². The molecule has 0 bridgehead atoms. The van der Waals surface area contributed by atoms with E-state index >= 15 is 0 Å². The zero-order chi connectivity index (χ0) is 12.6. The van der Waals surface area contributed by atoms with Gasteiger partial charge in [-0.2, -0.15) is 0 Å². The Hall–Kier alpha value is 0.530. The van der Waals surface area contributed by atoms with Crippen LogP contribution in [0.4, 0.5) is 0 Å². The van der Waals surface area contributed by atoms with Crippen molar-refractivity contribution in [3.63, 3.8) is 0 Å². The summed E-state index contributed by atoms with van der Waals surface area (Å²) >= 11 is -0.684. The van der Waals surface area contributed by atoms with Gasteiger partial charge in [-0.15, -0.1) is 0 Å².